The summed E-state index contributed by atoms with van der Waals surface area (Å²) in [5.74, 6) is -1.97. The number of hydrogen-bond donors (Lipinski definition) is 2. The van der Waals surface area contributed by atoms with E-state index in [1.54, 1.807) is 0 Å². The summed E-state index contributed by atoms with van der Waals surface area (Å²) in [5.41, 5.74) is 0.0980. The maximum atomic E-state index is 13.1. The minimum absolute atomic E-state index is 0.0670. The van der Waals surface area contributed by atoms with Crippen molar-refractivity contribution in [1.82, 2.24) is 4.98 Å². The predicted molar refractivity (Wildman–Crippen MR) is 70.3 cm³/mol. The summed E-state index contributed by atoms with van der Waals surface area (Å²) in [5, 5.41) is 11.7. The van der Waals surface area contributed by atoms with E-state index in [0.29, 0.717) is 0 Å². The maximum absolute atomic E-state index is 13.1. The fraction of sp³-hybridized carbons (Fsp3) is 0. The molecule has 19 heavy (non-hydrogen) atoms. The average Bonchev–Trinajstić information content (AvgIpc) is 2.36. The lowest BCUT2D eigenvalue weighted by molar-refractivity contribution is 0.102. The number of carbonyl (C=O) groups is 1. The van der Waals surface area contributed by atoms with E-state index in [1.165, 1.54) is 18.2 Å². The highest BCUT2D eigenvalue weighted by Crippen LogP contribution is 2.21. The van der Waals surface area contributed by atoms with E-state index >= 15 is 0 Å². The van der Waals surface area contributed by atoms with Crippen LogP contribution in [0.25, 0.3) is 0 Å². The van der Waals surface area contributed by atoms with Crippen LogP contribution in [0.4, 0.5) is 10.1 Å². The molecule has 0 fully saturated rings. The van der Waals surface area contributed by atoms with Gasteiger partial charge in [-0.2, -0.15) is 0 Å². The second-order valence-corrected chi connectivity index (χ2v) is 4.38. The van der Waals surface area contributed by atoms with Gasteiger partial charge >= 0.3 is 0 Å². The van der Waals surface area contributed by atoms with Crippen molar-refractivity contribution in [2.24, 2.45) is 0 Å². The predicted octanol–water partition coefficient (Wildman–Crippen LogP) is 3.49. The second-order valence-electron chi connectivity index (χ2n) is 3.58. The lowest BCUT2D eigenvalue weighted by Crippen LogP contribution is -2.14. The van der Waals surface area contributed by atoms with Gasteiger partial charge in [0.05, 0.1) is 5.02 Å². The molecule has 7 heteroatoms. The van der Waals surface area contributed by atoms with Gasteiger partial charge in [-0.25, -0.2) is 9.37 Å². The number of carbonyl (C=O) groups excluding carboxylic acids is 1. The molecule has 0 aliphatic carbocycles. The minimum Gasteiger partial charge on any atom is -0.505 e. The number of phenols is 1. The van der Waals surface area contributed by atoms with Gasteiger partial charge in [0.15, 0.2) is 11.6 Å². The van der Waals surface area contributed by atoms with Crippen molar-refractivity contribution in [3.05, 3.63) is 52.0 Å². The Hall–Kier alpha value is -1.85. The van der Waals surface area contributed by atoms with Gasteiger partial charge < -0.3 is 10.4 Å². The Morgan fingerprint density at radius 1 is 1.26 bits per heavy atom. The van der Waals surface area contributed by atoms with Crippen LogP contribution in [-0.2, 0) is 0 Å². The summed E-state index contributed by atoms with van der Waals surface area (Å²) in [4.78, 5) is 15.7. The quantitative estimate of drug-likeness (QED) is 0.659. The van der Waals surface area contributed by atoms with E-state index < -0.39 is 17.5 Å². The minimum atomic E-state index is -0.844. The highest BCUT2D eigenvalue weighted by atomic mass is 35.5. The molecule has 4 nitrogen and oxygen atoms in total. The molecule has 0 spiro atoms. The van der Waals surface area contributed by atoms with E-state index in [2.05, 4.69) is 10.3 Å². The Balaban J connectivity index is 2.25. The Bertz CT molecular complexity index is 650. The van der Waals surface area contributed by atoms with E-state index in [4.69, 9.17) is 28.3 Å². The van der Waals surface area contributed by atoms with Crippen molar-refractivity contribution in [2.75, 3.05) is 5.32 Å². The first kappa shape index (κ1) is 13.6. The van der Waals surface area contributed by atoms with Gasteiger partial charge in [0.25, 0.3) is 5.91 Å². The number of nitrogens with zero attached hydrogens (tertiary/aromatic N) is 1. The van der Waals surface area contributed by atoms with Crippen LogP contribution in [0, 0.1) is 5.82 Å². The molecule has 1 heterocycles. The lowest BCUT2D eigenvalue weighted by Gasteiger charge is -2.07. The molecule has 0 aliphatic rings. The summed E-state index contributed by atoms with van der Waals surface area (Å²) in [6, 6.07) is 6.32. The largest absolute Gasteiger partial charge is 0.505 e. The molecule has 0 unspecified atom stereocenters. The van der Waals surface area contributed by atoms with Gasteiger partial charge in [-0.15, -0.1) is 0 Å². The van der Waals surface area contributed by atoms with E-state index in [9.17, 15) is 9.18 Å². The lowest BCUT2D eigenvalue weighted by atomic mass is 10.2. The SMILES string of the molecule is O=C(Nc1ccc(O)c(F)c1)c1nc(Cl)ccc1Cl. The van der Waals surface area contributed by atoms with E-state index in [0.717, 1.165) is 12.1 Å². The van der Waals surface area contributed by atoms with Crippen LogP contribution in [0.5, 0.6) is 5.75 Å². The number of amides is 1. The van der Waals surface area contributed by atoms with Gasteiger partial charge in [-0.05, 0) is 24.3 Å². The molecule has 0 aliphatic heterocycles. The smallest absolute Gasteiger partial charge is 0.275 e. The van der Waals surface area contributed by atoms with Crippen LogP contribution in [-0.4, -0.2) is 16.0 Å². The zero-order valence-corrected chi connectivity index (χ0v) is 10.8. The number of rotatable bonds is 2. The average molecular weight is 301 g/mol. The zero-order chi connectivity index (χ0) is 14.0. The molecule has 2 aromatic rings. The fourth-order valence-electron chi connectivity index (χ4n) is 1.35. The number of phenolic OH excluding ortho intramolecular Hbond substituents is 1. The van der Waals surface area contributed by atoms with Crippen LogP contribution in [0.3, 0.4) is 0 Å². The molecular formula is C12H7Cl2FN2O2. The number of anilines is 1. The first-order chi connectivity index (χ1) is 8.97. The summed E-state index contributed by atoms with van der Waals surface area (Å²) in [6.45, 7) is 0. The molecule has 2 N–H and O–H groups in total. The van der Waals surface area contributed by atoms with Crippen LogP contribution >= 0.6 is 23.2 Å². The summed E-state index contributed by atoms with van der Waals surface area (Å²) in [6.07, 6.45) is 0. The Morgan fingerprint density at radius 3 is 2.68 bits per heavy atom. The van der Waals surface area contributed by atoms with Crippen LogP contribution < -0.4 is 5.32 Å². The van der Waals surface area contributed by atoms with Crippen molar-refractivity contribution in [2.45, 2.75) is 0 Å². The van der Waals surface area contributed by atoms with Gasteiger partial charge in [0, 0.05) is 11.8 Å². The van der Waals surface area contributed by atoms with Gasteiger partial charge in [-0.1, -0.05) is 23.2 Å². The van der Waals surface area contributed by atoms with E-state index in [1.807, 2.05) is 0 Å². The number of aromatic nitrogens is 1. The summed E-state index contributed by atoms with van der Waals surface area (Å²) in [7, 11) is 0. The zero-order valence-electron chi connectivity index (χ0n) is 9.32. The maximum Gasteiger partial charge on any atom is 0.275 e. The second kappa shape index (κ2) is 5.42. The third kappa shape index (κ3) is 3.13. The van der Waals surface area contributed by atoms with Gasteiger partial charge in [-0.3, -0.25) is 4.79 Å². The number of pyridine rings is 1. The van der Waals surface area contributed by atoms with Crippen LogP contribution in [0.2, 0.25) is 10.2 Å². The first-order valence-corrected chi connectivity index (χ1v) is 5.85. The molecule has 0 saturated carbocycles. The molecule has 0 bridgehead atoms. The molecule has 0 radical (unpaired) electrons. The van der Waals surface area contributed by atoms with Crippen molar-refractivity contribution < 1.29 is 14.3 Å². The van der Waals surface area contributed by atoms with Crippen molar-refractivity contribution in [3.8, 4) is 5.75 Å². The Morgan fingerprint density at radius 2 is 2.00 bits per heavy atom. The standard InChI is InChI=1S/C12H7Cl2FN2O2/c13-7-2-4-10(14)17-11(7)12(19)16-6-1-3-9(18)8(15)5-6/h1-5,18H,(H,16,19). The molecule has 1 aromatic heterocycles. The number of halogens is 3. The summed E-state index contributed by atoms with van der Waals surface area (Å²) >= 11 is 11.5. The highest BCUT2D eigenvalue weighted by molar-refractivity contribution is 6.35. The normalized spacial score (nSPS) is 10.3. The third-order valence-corrected chi connectivity index (χ3v) is 2.75. The topological polar surface area (TPSA) is 62.2 Å². The molecule has 98 valence electrons. The van der Waals surface area contributed by atoms with E-state index in [-0.39, 0.29) is 21.6 Å². The molecule has 1 amide bonds. The Labute approximate surface area is 117 Å². The van der Waals surface area contributed by atoms with Crippen LogP contribution in [0.1, 0.15) is 10.5 Å². The van der Waals surface area contributed by atoms with Crippen molar-refractivity contribution in [3.63, 3.8) is 0 Å². The third-order valence-electron chi connectivity index (χ3n) is 2.23. The first-order valence-electron chi connectivity index (χ1n) is 5.09. The molecule has 1 aromatic carbocycles. The van der Waals surface area contributed by atoms with Gasteiger partial charge in [0.1, 0.15) is 10.8 Å². The monoisotopic (exact) mass is 300 g/mol. The van der Waals surface area contributed by atoms with Crippen molar-refractivity contribution in [1.29, 1.82) is 0 Å². The number of aromatic hydroxyl groups is 1. The number of benzene rings is 1. The molecular weight excluding hydrogens is 294 g/mol. The van der Waals surface area contributed by atoms with Crippen LogP contribution in [0.15, 0.2) is 30.3 Å². The van der Waals surface area contributed by atoms with Gasteiger partial charge in [0.2, 0.25) is 0 Å². The highest BCUT2D eigenvalue weighted by Gasteiger charge is 2.14. The molecule has 0 atom stereocenters. The summed E-state index contributed by atoms with van der Waals surface area (Å²) < 4.78 is 13.1. The van der Waals surface area contributed by atoms with Crippen molar-refractivity contribution >= 4 is 34.8 Å². The fourth-order valence-corrected chi connectivity index (χ4v) is 1.69. The number of hydrogen-bond acceptors (Lipinski definition) is 3. The number of nitrogens with one attached hydrogen (secondary N) is 1. The molecule has 2 rings (SSSR count). The molecule has 0 saturated heterocycles. The Kier molecular flexibility index (Phi) is 3.87.